The van der Waals surface area contributed by atoms with Gasteiger partial charge in [0.05, 0.1) is 0 Å². The third kappa shape index (κ3) is 18.1. The number of hydrogen-bond acceptors (Lipinski definition) is 0. The van der Waals surface area contributed by atoms with Crippen molar-refractivity contribution in [2.75, 3.05) is 0 Å². The van der Waals surface area contributed by atoms with E-state index in [1.807, 2.05) is 0 Å². The molecule has 0 fully saturated rings. The summed E-state index contributed by atoms with van der Waals surface area (Å²) >= 11 is 0. The van der Waals surface area contributed by atoms with Crippen LogP contribution in [-0.2, 0) is 64.2 Å². The largest absolute Gasteiger partial charge is 0 e. The van der Waals surface area contributed by atoms with Gasteiger partial charge in [0.1, 0.15) is 0 Å². The molecule has 10 radical (unpaired) electrons. The van der Waals surface area contributed by atoms with Crippen LogP contribution in [0, 0.1) is 0 Å². The Bertz CT molecular complexity index is 9.61. The first-order chi connectivity index (χ1) is 0. The van der Waals surface area contributed by atoms with Crippen molar-refractivity contribution in [3.8, 4) is 0 Å². The summed E-state index contributed by atoms with van der Waals surface area (Å²) in [6.07, 6.45) is 0. The second-order valence-electron chi connectivity index (χ2n) is 0. The fourth-order valence-corrected chi connectivity index (χ4v) is 0. The standard InChI is InChI=1S/2Nb.Pb.Sn.Zn. The van der Waals surface area contributed by atoms with Crippen LogP contribution < -0.4 is 0 Å². The Kier molecular flexibility index (Phi) is 184. The average molecular weight is 577 g/mol. The molecule has 0 nitrogen and oxygen atoms in total. The zero-order chi connectivity index (χ0) is 0. The Balaban J connectivity index is 0. The summed E-state index contributed by atoms with van der Waals surface area (Å²) in [5.74, 6) is 0. The normalized spacial score (nSPS) is 0. The molecule has 0 rings (SSSR count). The molecule has 0 aromatic rings. The molecule has 0 bridgehead atoms. The monoisotopic (exact) mass is 578 g/mol. The second kappa shape index (κ2) is 24.9. The third-order valence-electron chi connectivity index (χ3n) is 0. The third-order valence-corrected chi connectivity index (χ3v) is 0. The molecule has 5 heteroatoms. The molecule has 0 aliphatic carbocycles. The van der Waals surface area contributed by atoms with Crippen LogP contribution >= 0.6 is 0 Å². The van der Waals surface area contributed by atoms with Gasteiger partial charge in [0.2, 0.25) is 0 Å². The van der Waals surface area contributed by atoms with E-state index in [2.05, 4.69) is 0 Å². The van der Waals surface area contributed by atoms with E-state index >= 15 is 0 Å². The minimum Gasteiger partial charge on any atom is 0 e. The molecule has 0 N–H and O–H groups in total. The van der Waals surface area contributed by atoms with Crippen LogP contribution in [-0.4, -0.2) is 51.2 Å². The van der Waals surface area contributed by atoms with Gasteiger partial charge < -0.3 is 0 Å². The van der Waals surface area contributed by atoms with Crippen LogP contribution in [0.15, 0.2) is 0 Å². The van der Waals surface area contributed by atoms with Gasteiger partial charge in [-0.2, -0.15) is 0 Å². The molecule has 0 aliphatic rings. The van der Waals surface area contributed by atoms with E-state index in [0.717, 1.165) is 0 Å². The van der Waals surface area contributed by atoms with Gasteiger partial charge in [-0.15, -0.1) is 0 Å². The average Bonchev–Trinajstić information content (AvgIpc) is 0. The molecule has 0 saturated carbocycles. The van der Waals surface area contributed by atoms with E-state index in [-0.39, 0.29) is 115 Å². The van der Waals surface area contributed by atoms with Gasteiger partial charge in [-0.05, 0) is 0 Å². The maximum Gasteiger partial charge on any atom is 0 e. The van der Waals surface area contributed by atoms with E-state index in [0.29, 0.717) is 0 Å². The van der Waals surface area contributed by atoms with Gasteiger partial charge in [-0.25, -0.2) is 0 Å². The molecular weight excluding hydrogens is 577 g/mol. The van der Waals surface area contributed by atoms with Crippen molar-refractivity contribution >= 4 is 51.2 Å². The van der Waals surface area contributed by atoms with Crippen molar-refractivity contribution in [2.45, 2.75) is 0 Å². The first kappa shape index (κ1) is 36.9. The predicted molar refractivity (Wildman–Crippen MR) is 11.5 cm³/mol. The molecule has 5 heavy (non-hydrogen) atoms. The molecule has 0 heterocycles. The maximum absolute atomic E-state index is 0. The van der Waals surface area contributed by atoms with Crippen molar-refractivity contribution < 1.29 is 64.2 Å². The Morgan fingerprint density at radius 1 is 0.800 bits per heavy atom. The summed E-state index contributed by atoms with van der Waals surface area (Å²) in [5, 5.41) is 0. The predicted octanol–water partition coefficient (Wildman–Crippen LogP) is -0.769. The minimum atomic E-state index is 0. The summed E-state index contributed by atoms with van der Waals surface area (Å²) in [6.45, 7) is 0. The fraction of sp³-hybridized carbons (Fsp3) is 0. The van der Waals surface area contributed by atoms with Gasteiger partial charge in [0.15, 0.2) is 0 Å². The summed E-state index contributed by atoms with van der Waals surface area (Å²) in [7, 11) is 0. The Morgan fingerprint density at radius 2 is 0.800 bits per heavy atom. The summed E-state index contributed by atoms with van der Waals surface area (Å²) < 4.78 is 0. The van der Waals surface area contributed by atoms with Crippen LogP contribution in [0.5, 0.6) is 0 Å². The zero-order valence-corrected chi connectivity index (χ0v) is 16.7. The van der Waals surface area contributed by atoms with Gasteiger partial charge >= 0.3 is 0 Å². The molecule has 20 valence electrons. The Hall–Kier alpha value is 3.82. The Labute approximate surface area is 113 Å². The van der Waals surface area contributed by atoms with Crippen molar-refractivity contribution in [3.63, 3.8) is 0 Å². The summed E-state index contributed by atoms with van der Waals surface area (Å²) in [4.78, 5) is 0. The molecule has 0 aromatic heterocycles. The quantitative estimate of drug-likeness (QED) is 0.333. The van der Waals surface area contributed by atoms with Crippen LogP contribution in [0.2, 0.25) is 0 Å². The minimum absolute atomic E-state index is 0. The van der Waals surface area contributed by atoms with Crippen LogP contribution in [0.4, 0.5) is 0 Å². The SMILES string of the molecule is [Nb].[Nb].[Pb].[Sn].[Zn]. The summed E-state index contributed by atoms with van der Waals surface area (Å²) in [5.41, 5.74) is 0. The number of hydrogen-bond donors (Lipinski definition) is 0. The van der Waals surface area contributed by atoms with Gasteiger partial charge in [0.25, 0.3) is 0 Å². The topological polar surface area (TPSA) is 0 Å². The van der Waals surface area contributed by atoms with Crippen molar-refractivity contribution in [2.24, 2.45) is 0 Å². The van der Waals surface area contributed by atoms with Crippen molar-refractivity contribution in [3.05, 3.63) is 0 Å². The first-order valence-electron chi connectivity index (χ1n) is 0. The Morgan fingerprint density at radius 3 is 0.800 bits per heavy atom. The van der Waals surface area contributed by atoms with Crippen LogP contribution in [0.25, 0.3) is 0 Å². The van der Waals surface area contributed by atoms with E-state index in [9.17, 15) is 0 Å². The number of rotatable bonds is 0. The molecule has 0 spiro atoms. The van der Waals surface area contributed by atoms with Gasteiger partial charge in [0, 0.05) is 115 Å². The molecule has 0 aromatic carbocycles. The molecule has 0 atom stereocenters. The van der Waals surface area contributed by atoms with Gasteiger partial charge in [-0.3, -0.25) is 0 Å². The molecule has 0 amide bonds. The van der Waals surface area contributed by atoms with Gasteiger partial charge in [-0.1, -0.05) is 0 Å². The van der Waals surface area contributed by atoms with Crippen molar-refractivity contribution in [1.82, 2.24) is 0 Å². The first-order valence-corrected chi connectivity index (χ1v) is 0. The second-order valence-corrected chi connectivity index (χ2v) is 0. The smallest absolute Gasteiger partial charge is 0 e. The van der Waals surface area contributed by atoms with E-state index in [1.165, 1.54) is 0 Å². The van der Waals surface area contributed by atoms with Crippen molar-refractivity contribution in [1.29, 1.82) is 0 Å². The fourth-order valence-electron chi connectivity index (χ4n) is 0. The molecule has 0 aliphatic heterocycles. The molecule has 0 saturated heterocycles. The maximum atomic E-state index is 0. The molecule has 0 unspecified atom stereocenters. The summed E-state index contributed by atoms with van der Waals surface area (Å²) in [6, 6.07) is 0. The van der Waals surface area contributed by atoms with E-state index in [4.69, 9.17) is 0 Å². The zero-order valence-electron chi connectivity index (χ0n) is 2.60. The van der Waals surface area contributed by atoms with Crippen LogP contribution in [0.1, 0.15) is 0 Å². The molecular formula is Nb2PbSnZn. The van der Waals surface area contributed by atoms with E-state index in [1.54, 1.807) is 0 Å². The van der Waals surface area contributed by atoms with E-state index < -0.39 is 0 Å². The van der Waals surface area contributed by atoms with Crippen LogP contribution in [0.3, 0.4) is 0 Å².